The molecule has 0 radical (unpaired) electrons. The van der Waals surface area contributed by atoms with Crippen LogP contribution in [0.5, 0.6) is 0 Å². The average Bonchev–Trinajstić information content (AvgIpc) is 1.97. The van der Waals surface area contributed by atoms with Crippen molar-refractivity contribution in [3.05, 3.63) is 23.5 Å². The van der Waals surface area contributed by atoms with Crippen LogP contribution in [-0.4, -0.2) is 7.85 Å². The summed E-state index contributed by atoms with van der Waals surface area (Å²) in [4.78, 5) is 0. The van der Waals surface area contributed by atoms with Crippen molar-refractivity contribution in [2.75, 3.05) is 5.43 Å². The predicted molar refractivity (Wildman–Crippen MR) is 47.1 cm³/mol. The Morgan fingerprint density at radius 2 is 2.18 bits per heavy atom. The zero-order valence-electron chi connectivity index (χ0n) is 6.61. The molecular weight excluding hydrogens is 142 g/mol. The minimum atomic E-state index is -0.310. The first kappa shape index (κ1) is 8.08. The summed E-state index contributed by atoms with van der Waals surface area (Å²) >= 11 is 0. The standard InChI is InChI=1S/C7H10BFN2/c1-4-2-7(11-10)6(9)3-5(4)8/h2-3,11H,8,10H2,1H3. The molecule has 0 heterocycles. The van der Waals surface area contributed by atoms with Gasteiger partial charge in [0, 0.05) is 0 Å². The highest BCUT2D eigenvalue weighted by Crippen LogP contribution is 2.11. The third kappa shape index (κ3) is 1.52. The number of hydrogen-bond donors (Lipinski definition) is 2. The van der Waals surface area contributed by atoms with E-state index >= 15 is 0 Å². The van der Waals surface area contributed by atoms with Crippen molar-refractivity contribution >= 4 is 19.0 Å². The molecule has 0 unspecified atom stereocenters. The first-order valence-electron chi connectivity index (χ1n) is 3.38. The van der Waals surface area contributed by atoms with Gasteiger partial charge in [0.25, 0.3) is 0 Å². The second kappa shape index (κ2) is 2.92. The van der Waals surface area contributed by atoms with Crippen LogP contribution in [0.15, 0.2) is 12.1 Å². The van der Waals surface area contributed by atoms with Crippen molar-refractivity contribution in [1.29, 1.82) is 0 Å². The van der Waals surface area contributed by atoms with Crippen molar-refractivity contribution in [1.82, 2.24) is 0 Å². The van der Waals surface area contributed by atoms with Crippen LogP contribution in [0, 0.1) is 12.7 Å². The Bertz CT molecular complexity index is 275. The number of nitrogen functional groups attached to an aromatic ring is 1. The summed E-state index contributed by atoms with van der Waals surface area (Å²) in [6.07, 6.45) is 0. The summed E-state index contributed by atoms with van der Waals surface area (Å²) in [5, 5.41) is 0. The highest BCUT2D eigenvalue weighted by atomic mass is 19.1. The number of anilines is 1. The van der Waals surface area contributed by atoms with Gasteiger partial charge in [-0.25, -0.2) is 4.39 Å². The molecule has 0 aliphatic carbocycles. The van der Waals surface area contributed by atoms with Gasteiger partial charge in [-0.05, 0) is 19.1 Å². The fourth-order valence-corrected chi connectivity index (χ4v) is 0.892. The maximum atomic E-state index is 12.9. The summed E-state index contributed by atoms with van der Waals surface area (Å²) in [5.74, 6) is 4.77. The zero-order valence-corrected chi connectivity index (χ0v) is 6.61. The molecule has 1 aromatic rings. The van der Waals surface area contributed by atoms with Gasteiger partial charge in [-0.15, -0.1) is 0 Å². The van der Waals surface area contributed by atoms with E-state index in [1.165, 1.54) is 6.07 Å². The number of halogens is 1. The Balaban J connectivity index is 3.21. The molecule has 2 nitrogen and oxygen atoms in total. The quantitative estimate of drug-likeness (QED) is 0.328. The van der Waals surface area contributed by atoms with Crippen LogP contribution in [0.25, 0.3) is 0 Å². The van der Waals surface area contributed by atoms with Gasteiger partial charge in [-0.2, -0.15) is 0 Å². The van der Waals surface area contributed by atoms with Gasteiger partial charge in [0.2, 0.25) is 0 Å². The molecule has 0 spiro atoms. The summed E-state index contributed by atoms with van der Waals surface area (Å²) in [7, 11) is 1.86. The molecule has 0 aliphatic heterocycles. The van der Waals surface area contributed by atoms with E-state index in [2.05, 4.69) is 5.43 Å². The lowest BCUT2D eigenvalue weighted by Crippen LogP contribution is -2.14. The molecule has 0 atom stereocenters. The van der Waals surface area contributed by atoms with Crippen LogP contribution in [0.1, 0.15) is 5.56 Å². The van der Waals surface area contributed by atoms with E-state index in [1.807, 2.05) is 14.8 Å². The average molecular weight is 152 g/mol. The maximum absolute atomic E-state index is 12.9. The van der Waals surface area contributed by atoms with Gasteiger partial charge >= 0.3 is 0 Å². The zero-order chi connectivity index (χ0) is 8.43. The van der Waals surface area contributed by atoms with E-state index in [1.54, 1.807) is 6.07 Å². The third-order valence-electron chi connectivity index (χ3n) is 1.74. The second-order valence-corrected chi connectivity index (χ2v) is 2.56. The molecule has 0 bridgehead atoms. The van der Waals surface area contributed by atoms with Gasteiger partial charge < -0.3 is 5.43 Å². The van der Waals surface area contributed by atoms with Crippen molar-refractivity contribution in [2.45, 2.75) is 6.92 Å². The molecule has 58 valence electrons. The van der Waals surface area contributed by atoms with E-state index in [0.717, 1.165) is 11.0 Å². The lowest BCUT2D eigenvalue weighted by Gasteiger charge is -2.05. The molecule has 1 rings (SSSR count). The van der Waals surface area contributed by atoms with Crippen molar-refractivity contribution < 1.29 is 4.39 Å². The van der Waals surface area contributed by atoms with Gasteiger partial charge in [0.1, 0.15) is 13.7 Å². The Labute approximate surface area is 66.0 Å². The monoisotopic (exact) mass is 152 g/mol. The highest BCUT2D eigenvalue weighted by Gasteiger charge is 2.01. The minimum Gasteiger partial charge on any atom is -0.321 e. The molecule has 0 aliphatic rings. The van der Waals surface area contributed by atoms with E-state index in [9.17, 15) is 4.39 Å². The molecular formula is C7H10BFN2. The Morgan fingerprint density at radius 1 is 1.55 bits per heavy atom. The summed E-state index contributed by atoms with van der Waals surface area (Å²) in [6.45, 7) is 1.91. The third-order valence-corrected chi connectivity index (χ3v) is 1.74. The number of aryl methyl sites for hydroxylation is 1. The molecule has 0 aromatic heterocycles. The lowest BCUT2D eigenvalue weighted by molar-refractivity contribution is 0.631. The first-order valence-corrected chi connectivity index (χ1v) is 3.38. The Morgan fingerprint density at radius 3 is 2.73 bits per heavy atom. The molecule has 1 aromatic carbocycles. The Hall–Kier alpha value is -1.03. The van der Waals surface area contributed by atoms with Gasteiger partial charge in [0.15, 0.2) is 0 Å². The van der Waals surface area contributed by atoms with Crippen LogP contribution in [0.2, 0.25) is 0 Å². The van der Waals surface area contributed by atoms with Crippen LogP contribution in [-0.2, 0) is 0 Å². The lowest BCUT2D eigenvalue weighted by atomic mass is 9.91. The minimum absolute atomic E-state index is 0.310. The first-order chi connectivity index (χ1) is 5.15. The number of rotatable bonds is 1. The van der Waals surface area contributed by atoms with E-state index in [4.69, 9.17) is 5.84 Å². The summed E-state index contributed by atoms with van der Waals surface area (Å²) in [6, 6.07) is 3.15. The topological polar surface area (TPSA) is 38.0 Å². The fraction of sp³-hybridized carbons (Fsp3) is 0.143. The molecule has 0 saturated carbocycles. The Kier molecular flexibility index (Phi) is 2.15. The van der Waals surface area contributed by atoms with E-state index in [0.29, 0.717) is 5.69 Å². The van der Waals surface area contributed by atoms with Gasteiger partial charge in [0.05, 0.1) is 5.69 Å². The summed E-state index contributed by atoms with van der Waals surface area (Å²) in [5.41, 5.74) is 4.59. The molecule has 3 N–H and O–H groups in total. The predicted octanol–water partition coefficient (Wildman–Crippen LogP) is -0.322. The van der Waals surface area contributed by atoms with E-state index in [-0.39, 0.29) is 5.82 Å². The van der Waals surface area contributed by atoms with Crippen molar-refractivity contribution in [3.63, 3.8) is 0 Å². The van der Waals surface area contributed by atoms with Crippen LogP contribution in [0.4, 0.5) is 10.1 Å². The summed E-state index contributed by atoms with van der Waals surface area (Å²) < 4.78 is 12.9. The number of benzene rings is 1. The fourth-order valence-electron chi connectivity index (χ4n) is 0.892. The molecule has 0 saturated heterocycles. The van der Waals surface area contributed by atoms with Crippen LogP contribution in [0.3, 0.4) is 0 Å². The SMILES string of the molecule is Bc1cc(F)c(NN)cc1C. The van der Waals surface area contributed by atoms with Crippen LogP contribution >= 0.6 is 0 Å². The van der Waals surface area contributed by atoms with E-state index < -0.39 is 0 Å². The van der Waals surface area contributed by atoms with Crippen molar-refractivity contribution in [3.8, 4) is 0 Å². The highest BCUT2D eigenvalue weighted by molar-refractivity contribution is 6.33. The van der Waals surface area contributed by atoms with Crippen molar-refractivity contribution in [2.24, 2.45) is 5.84 Å². The largest absolute Gasteiger partial charge is 0.321 e. The van der Waals surface area contributed by atoms with Gasteiger partial charge in [-0.1, -0.05) is 11.0 Å². The maximum Gasteiger partial charge on any atom is 0.147 e. The number of hydrogen-bond acceptors (Lipinski definition) is 2. The molecule has 4 heteroatoms. The van der Waals surface area contributed by atoms with Gasteiger partial charge in [-0.3, -0.25) is 5.84 Å². The van der Waals surface area contributed by atoms with Crippen LogP contribution < -0.4 is 16.7 Å². The molecule has 11 heavy (non-hydrogen) atoms. The molecule has 0 amide bonds. The smallest absolute Gasteiger partial charge is 0.147 e. The number of hydrazine groups is 1. The number of nitrogens with one attached hydrogen (secondary N) is 1. The molecule has 0 fully saturated rings. The second-order valence-electron chi connectivity index (χ2n) is 2.56. The normalized spacial score (nSPS) is 9.73. The number of nitrogens with two attached hydrogens (primary N) is 1.